The Hall–Kier alpha value is -6.94. The van der Waals surface area contributed by atoms with Gasteiger partial charge in [0, 0.05) is 49.4 Å². The van der Waals surface area contributed by atoms with E-state index in [1.54, 1.807) is 43.3 Å². The van der Waals surface area contributed by atoms with Gasteiger partial charge in [-0.15, -0.1) is 0 Å². The number of likely N-dealkylation sites (N-methyl/N-ethyl adjacent to an activating group) is 1. The summed E-state index contributed by atoms with van der Waals surface area (Å²) in [6.07, 6.45) is 3.46. The lowest BCUT2D eigenvalue weighted by molar-refractivity contribution is -0.141. The van der Waals surface area contributed by atoms with Crippen LogP contribution in [-0.4, -0.2) is 109 Å². The van der Waals surface area contributed by atoms with Crippen LogP contribution in [0.15, 0.2) is 66.9 Å². The topological polar surface area (TPSA) is 283 Å². The van der Waals surface area contributed by atoms with Crippen LogP contribution in [0.1, 0.15) is 72.4 Å². The van der Waals surface area contributed by atoms with Gasteiger partial charge < -0.3 is 52.8 Å². The zero-order chi connectivity index (χ0) is 47.9. The average molecular weight is 904 g/mol. The van der Waals surface area contributed by atoms with Gasteiger partial charge in [-0.25, -0.2) is 9.97 Å². The minimum Gasteiger partial charge on any atom is -0.492 e. The first-order chi connectivity index (χ1) is 31.7. The number of aryl methyl sites for hydroxylation is 2. The lowest BCUT2D eigenvalue weighted by Crippen LogP contribution is -2.56. The van der Waals surface area contributed by atoms with E-state index in [1.807, 2.05) is 30.3 Å². The van der Waals surface area contributed by atoms with Gasteiger partial charge in [0.25, 0.3) is 5.91 Å². The molecule has 5 amide bonds. The number of rotatable bonds is 18. The maximum Gasteiger partial charge on any atom is 0.255 e. The standard InChI is InChI=1S/C48H61N11O7/c1-28(2)6-7-31-8-11-33(12-9-31)43-54-27-37(29(3)55-43)45(61)57-38(16-17-49)48(64)59(5)42-34-13-15-41(66-23-20-52)36(26-34)35-24-32(10-14-40(35)65-22-19-51)25-39(46(62)53-21-18-50)58-44(60)30(4)56-47(42)63/h8-15,24,26-28,30,38-39,42H,6-7,16-17,19-23,25,49,51-52H2,1-5H3,(H,53,62)(H,56,63)(H,57,61)(H,58,60)/t30-,38-,39-,42-/m0/s1. The Morgan fingerprint density at radius 2 is 1.58 bits per heavy atom. The van der Waals surface area contributed by atoms with Crippen molar-refractivity contribution in [3.8, 4) is 40.1 Å². The van der Waals surface area contributed by atoms with Crippen molar-refractivity contribution in [2.24, 2.45) is 23.1 Å². The zero-order valence-corrected chi connectivity index (χ0v) is 38.2. The first-order valence-electron chi connectivity index (χ1n) is 22.1. The average Bonchev–Trinajstić information content (AvgIpc) is 3.30. The van der Waals surface area contributed by atoms with Crippen LogP contribution in [0.25, 0.3) is 22.5 Å². The molecule has 2 heterocycles. The molecule has 4 atom stereocenters. The molecule has 18 heteroatoms. The fourth-order valence-electron chi connectivity index (χ4n) is 7.47. The second-order valence-corrected chi connectivity index (χ2v) is 16.5. The van der Waals surface area contributed by atoms with Gasteiger partial charge in [0.05, 0.1) is 17.3 Å². The van der Waals surface area contributed by atoms with Gasteiger partial charge in [-0.05, 0) is 86.5 Å². The number of benzene rings is 3. The fourth-order valence-corrected chi connectivity index (χ4v) is 7.47. The highest BCUT2D eigenvalue weighted by Crippen LogP contribution is 2.40. The monoisotopic (exact) mass is 903 g/mol. The summed E-state index contributed by atoms with van der Waals surface area (Å²) in [5.74, 6) is -1.55. The van der Waals surface area contributed by atoms with Gasteiger partial charge in [0.2, 0.25) is 23.6 Å². The number of ether oxygens (including phenoxy) is 2. The van der Waals surface area contributed by atoms with Gasteiger partial charge >= 0.3 is 0 Å². The molecule has 0 spiro atoms. The maximum absolute atomic E-state index is 14.7. The van der Waals surface area contributed by atoms with Crippen molar-refractivity contribution < 1.29 is 33.4 Å². The third-order valence-corrected chi connectivity index (χ3v) is 11.1. The Morgan fingerprint density at radius 1 is 0.909 bits per heavy atom. The minimum atomic E-state index is -1.40. The van der Waals surface area contributed by atoms with Crippen molar-refractivity contribution in [3.63, 3.8) is 0 Å². The number of nitrogens with one attached hydrogen (secondary N) is 4. The second-order valence-electron chi connectivity index (χ2n) is 16.5. The first-order valence-corrected chi connectivity index (χ1v) is 22.1. The van der Waals surface area contributed by atoms with Crippen molar-refractivity contribution in [3.05, 3.63) is 94.8 Å². The van der Waals surface area contributed by atoms with E-state index in [4.69, 9.17) is 31.9 Å². The Morgan fingerprint density at radius 3 is 2.20 bits per heavy atom. The molecule has 1 aromatic heterocycles. The summed E-state index contributed by atoms with van der Waals surface area (Å²) in [7, 11) is 1.41. The largest absolute Gasteiger partial charge is 0.492 e. The molecule has 3 aromatic carbocycles. The predicted molar refractivity (Wildman–Crippen MR) is 249 cm³/mol. The zero-order valence-electron chi connectivity index (χ0n) is 38.2. The van der Waals surface area contributed by atoms with E-state index >= 15 is 0 Å². The third kappa shape index (κ3) is 12.9. The SMILES string of the molecule is Cc1nc(-c2ccc(CCC(C)C)cc2)ncc1C(=O)N[C@@H](CCN)C(=O)N(C)[C@@H]1C(=O)N[C@@H](C)C(=O)N[C@H](C(=O)NCC#N)Cc2ccc(OCCN)c(c2)-c2cc1ccc2OCCN. The highest BCUT2D eigenvalue weighted by atomic mass is 16.5. The number of nitrogens with zero attached hydrogens (tertiary/aromatic N) is 4. The summed E-state index contributed by atoms with van der Waals surface area (Å²) in [5.41, 5.74) is 22.1. The van der Waals surface area contributed by atoms with E-state index in [1.165, 1.54) is 30.6 Å². The molecular formula is C48H61N11O7. The Balaban J connectivity index is 1.53. The van der Waals surface area contributed by atoms with E-state index in [9.17, 15) is 24.0 Å². The molecular weight excluding hydrogens is 843 g/mol. The number of amides is 5. The van der Waals surface area contributed by atoms with E-state index in [-0.39, 0.29) is 57.8 Å². The molecule has 66 heavy (non-hydrogen) atoms. The molecule has 0 unspecified atom stereocenters. The minimum absolute atomic E-state index is 0.00251. The molecule has 1 aliphatic rings. The smallest absolute Gasteiger partial charge is 0.255 e. The predicted octanol–water partition coefficient (Wildman–Crippen LogP) is 2.21. The third-order valence-electron chi connectivity index (χ3n) is 11.1. The highest BCUT2D eigenvalue weighted by molar-refractivity contribution is 6.00. The molecule has 0 radical (unpaired) electrons. The number of carbonyl (C=O) groups is 5. The molecule has 0 saturated heterocycles. The van der Waals surface area contributed by atoms with E-state index in [0.29, 0.717) is 51.2 Å². The molecule has 0 fully saturated rings. The van der Waals surface area contributed by atoms with Crippen molar-refractivity contribution in [2.75, 3.05) is 46.4 Å². The van der Waals surface area contributed by atoms with Gasteiger partial charge in [-0.2, -0.15) is 5.26 Å². The molecule has 1 aliphatic heterocycles. The summed E-state index contributed by atoms with van der Waals surface area (Å²) >= 11 is 0. The van der Waals surface area contributed by atoms with Crippen molar-refractivity contribution in [2.45, 2.75) is 77.5 Å². The number of carbonyl (C=O) groups excluding carboxylic acids is 5. The van der Waals surface area contributed by atoms with Crippen LogP contribution >= 0.6 is 0 Å². The van der Waals surface area contributed by atoms with Crippen LogP contribution in [0.2, 0.25) is 0 Å². The van der Waals surface area contributed by atoms with Gasteiger partial charge in [-0.3, -0.25) is 24.0 Å². The quantitative estimate of drug-likeness (QED) is 0.0707. The van der Waals surface area contributed by atoms with Crippen LogP contribution in [0, 0.1) is 24.2 Å². The van der Waals surface area contributed by atoms with Gasteiger partial charge in [0.15, 0.2) is 5.82 Å². The normalized spacial score (nSPS) is 16.5. The number of nitrogens with two attached hydrogens (primary N) is 3. The molecule has 0 saturated carbocycles. The van der Waals surface area contributed by atoms with E-state index in [2.05, 4.69) is 45.1 Å². The highest BCUT2D eigenvalue weighted by Gasteiger charge is 2.36. The van der Waals surface area contributed by atoms with Crippen LogP contribution in [0.3, 0.4) is 0 Å². The van der Waals surface area contributed by atoms with Crippen LogP contribution < -0.4 is 47.9 Å². The molecule has 0 aliphatic carbocycles. The lowest BCUT2D eigenvalue weighted by Gasteiger charge is -2.32. The lowest BCUT2D eigenvalue weighted by atomic mass is 9.93. The fraction of sp³-hybridized carbons (Fsp3) is 0.417. The summed E-state index contributed by atoms with van der Waals surface area (Å²) in [6, 6.07) is 15.0. The van der Waals surface area contributed by atoms with E-state index in [0.717, 1.165) is 18.4 Å². The van der Waals surface area contributed by atoms with Crippen LogP contribution in [-0.2, 0) is 32.0 Å². The van der Waals surface area contributed by atoms with Crippen molar-refractivity contribution >= 4 is 29.5 Å². The summed E-state index contributed by atoms with van der Waals surface area (Å²) in [6.45, 7) is 7.87. The maximum atomic E-state index is 14.7. The summed E-state index contributed by atoms with van der Waals surface area (Å²) < 4.78 is 12.2. The Kier molecular flexibility index (Phi) is 18.1. The number of nitriles is 1. The van der Waals surface area contributed by atoms with Gasteiger partial charge in [-0.1, -0.05) is 50.2 Å². The molecule has 350 valence electrons. The number of hydrogen-bond donors (Lipinski definition) is 7. The van der Waals surface area contributed by atoms with Crippen LogP contribution in [0.5, 0.6) is 11.5 Å². The number of hydrogen-bond acceptors (Lipinski definition) is 13. The van der Waals surface area contributed by atoms with E-state index < -0.39 is 53.7 Å². The summed E-state index contributed by atoms with van der Waals surface area (Å²) in [4.78, 5) is 80.5. The molecule has 5 rings (SSSR count). The molecule has 10 N–H and O–H groups in total. The number of fused-ring (bicyclic) bond motifs is 5. The van der Waals surface area contributed by atoms with Crippen molar-refractivity contribution in [1.29, 1.82) is 5.26 Å². The molecule has 18 nitrogen and oxygen atoms in total. The number of aromatic nitrogens is 2. The summed E-state index contributed by atoms with van der Waals surface area (Å²) in [5, 5.41) is 19.9. The van der Waals surface area contributed by atoms with Crippen molar-refractivity contribution in [1.82, 2.24) is 36.1 Å². The Labute approximate surface area is 385 Å². The molecule has 4 bridgehead atoms. The molecule has 4 aromatic rings. The Bertz CT molecular complexity index is 2400. The first kappa shape index (κ1) is 50.1. The van der Waals surface area contributed by atoms with Gasteiger partial charge in [0.1, 0.15) is 55.4 Å². The van der Waals surface area contributed by atoms with Crippen LogP contribution in [0.4, 0.5) is 0 Å². The second kappa shape index (κ2) is 23.8.